The van der Waals surface area contributed by atoms with Crippen molar-refractivity contribution in [3.8, 4) is 28.6 Å². The fraction of sp³-hybridized carbons (Fsp3) is 0.200. The number of carbonyl (C=O) groups excluding carboxylic acids is 1. The molecule has 1 N–H and O–H groups in total. The second-order valence-corrected chi connectivity index (χ2v) is 5.89. The molecule has 0 spiro atoms. The molecule has 4 rings (SSSR count). The molecule has 0 bridgehead atoms. The van der Waals surface area contributed by atoms with Crippen LogP contribution in [-0.4, -0.2) is 24.5 Å². The molecule has 0 unspecified atom stereocenters. The van der Waals surface area contributed by atoms with E-state index in [0.717, 1.165) is 11.3 Å². The molecule has 0 fully saturated rings. The van der Waals surface area contributed by atoms with Crippen LogP contribution in [0.3, 0.4) is 0 Å². The zero-order valence-electron chi connectivity index (χ0n) is 14.7. The van der Waals surface area contributed by atoms with Gasteiger partial charge in [-0.25, -0.2) is 0 Å². The Morgan fingerprint density at radius 3 is 2.74 bits per heavy atom. The molecule has 1 aliphatic rings. The van der Waals surface area contributed by atoms with Crippen LogP contribution in [0.5, 0.6) is 17.2 Å². The summed E-state index contributed by atoms with van der Waals surface area (Å²) in [5.41, 5.74) is 2.01. The van der Waals surface area contributed by atoms with Gasteiger partial charge in [-0.05, 0) is 49.4 Å². The maximum atomic E-state index is 12.3. The van der Waals surface area contributed by atoms with Crippen LogP contribution < -0.4 is 19.5 Å². The predicted molar refractivity (Wildman–Crippen MR) is 96.8 cm³/mol. The summed E-state index contributed by atoms with van der Waals surface area (Å²) in [6, 6.07) is 14.3. The lowest BCUT2D eigenvalue weighted by Gasteiger charge is -2.05. The van der Waals surface area contributed by atoms with Crippen LogP contribution in [0.4, 0.5) is 0 Å². The van der Waals surface area contributed by atoms with Gasteiger partial charge in [0, 0.05) is 17.2 Å². The highest BCUT2D eigenvalue weighted by atomic mass is 16.7. The van der Waals surface area contributed by atoms with E-state index in [4.69, 9.17) is 18.7 Å². The van der Waals surface area contributed by atoms with Crippen LogP contribution in [0.25, 0.3) is 11.3 Å². The number of ether oxygens (including phenoxy) is 3. The third-order valence-corrected chi connectivity index (χ3v) is 4.07. The predicted octanol–water partition coefficient (Wildman–Crippen LogP) is 3.40. The van der Waals surface area contributed by atoms with Crippen LogP contribution in [0.2, 0.25) is 0 Å². The van der Waals surface area contributed by atoms with Crippen LogP contribution in [-0.2, 0) is 6.54 Å². The number of rotatable bonds is 6. The molecule has 3 aromatic rings. The molecule has 0 radical (unpaired) electrons. The monoisotopic (exact) mass is 366 g/mol. The van der Waals surface area contributed by atoms with Crippen molar-refractivity contribution in [2.24, 2.45) is 0 Å². The maximum absolute atomic E-state index is 12.3. The van der Waals surface area contributed by atoms with E-state index in [0.29, 0.717) is 35.1 Å². The molecule has 0 saturated heterocycles. The second kappa shape index (κ2) is 7.41. The molecule has 7 nitrogen and oxygen atoms in total. The lowest BCUT2D eigenvalue weighted by Crippen LogP contribution is -2.22. The van der Waals surface area contributed by atoms with Crippen LogP contribution in [0, 0.1) is 0 Å². The van der Waals surface area contributed by atoms with Gasteiger partial charge in [0.2, 0.25) is 6.79 Å². The summed E-state index contributed by atoms with van der Waals surface area (Å²) in [4.78, 5) is 12.3. The van der Waals surface area contributed by atoms with Gasteiger partial charge in [0.15, 0.2) is 17.3 Å². The van der Waals surface area contributed by atoms with E-state index in [2.05, 4.69) is 10.5 Å². The Labute approximate surface area is 155 Å². The van der Waals surface area contributed by atoms with E-state index >= 15 is 0 Å². The first-order valence-corrected chi connectivity index (χ1v) is 8.59. The van der Waals surface area contributed by atoms with Gasteiger partial charge >= 0.3 is 0 Å². The molecule has 0 atom stereocenters. The quantitative estimate of drug-likeness (QED) is 0.720. The number of hydrogen-bond acceptors (Lipinski definition) is 6. The molecular weight excluding hydrogens is 348 g/mol. The molecule has 1 aromatic heterocycles. The fourth-order valence-corrected chi connectivity index (χ4v) is 2.72. The van der Waals surface area contributed by atoms with Crippen molar-refractivity contribution in [3.63, 3.8) is 0 Å². The van der Waals surface area contributed by atoms with Gasteiger partial charge < -0.3 is 24.1 Å². The van der Waals surface area contributed by atoms with Crippen molar-refractivity contribution in [3.05, 3.63) is 59.8 Å². The van der Waals surface area contributed by atoms with Crippen molar-refractivity contribution >= 4 is 5.91 Å². The van der Waals surface area contributed by atoms with E-state index in [1.54, 1.807) is 30.3 Å². The van der Waals surface area contributed by atoms with Crippen molar-refractivity contribution in [2.45, 2.75) is 13.5 Å². The van der Waals surface area contributed by atoms with E-state index in [1.807, 2.05) is 25.1 Å². The molecule has 0 aliphatic carbocycles. The summed E-state index contributed by atoms with van der Waals surface area (Å²) in [5.74, 6) is 2.53. The van der Waals surface area contributed by atoms with E-state index in [1.165, 1.54) is 0 Å². The number of benzene rings is 2. The van der Waals surface area contributed by atoms with Gasteiger partial charge in [-0.3, -0.25) is 4.79 Å². The first-order valence-electron chi connectivity index (χ1n) is 8.59. The largest absolute Gasteiger partial charge is 0.494 e. The van der Waals surface area contributed by atoms with Crippen molar-refractivity contribution in [1.29, 1.82) is 0 Å². The minimum absolute atomic E-state index is 0.189. The number of fused-ring (bicyclic) bond motifs is 1. The molecule has 27 heavy (non-hydrogen) atoms. The summed E-state index contributed by atoms with van der Waals surface area (Å²) in [7, 11) is 0. The zero-order chi connectivity index (χ0) is 18.6. The third-order valence-electron chi connectivity index (χ3n) is 4.07. The van der Waals surface area contributed by atoms with Gasteiger partial charge in [-0.15, -0.1) is 0 Å². The fourth-order valence-electron chi connectivity index (χ4n) is 2.72. The molecule has 2 heterocycles. The normalized spacial score (nSPS) is 12.0. The Morgan fingerprint density at radius 1 is 1.11 bits per heavy atom. The molecule has 138 valence electrons. The molecule has 1 aliphatic heterocycles. The Kier molecular flexibility index (Phi) is 4.65. The molecule has 7 heteroatoms. The Morgan fingerprint density at radius 2 is 1.93 bits per heavy atom. The van der Waals surface area contributed by atoms with Crippen molar-refractivity contribution < 1.29 is 23.5 Å². The number of hydrogen-bond donors (Lipinski definition) is 1. The minimum atomic E-state index is -0.189. The van der Waals surface area contributed by atoms with Gasteiger partial charge in [0.1, 0.15) is 11.4 Å². The topological polar surface area (TPSA) is 82.8 Å². The minimum Gasteiger partial charge on any atom is -0.494 e. The number of nitrogens with one attached hydrogen (secondary N) is 1. The molecular formula is C20H18N2O5. The maximum Gasteiger partial charge on any atom is 0.251 e. The number of carbonyl (C=O) groups is 1. The van der Waals surface area contributed by atoms with Crippen molar-refractivity contribution in [1.82, 2.24) is 10.5 Å². The summed E-state index contributed by atoms with van der Waals surface area (Å²) >= 11 is 0. The highest BCUT2D eigenvalue weighted by molar-refractivity contribution is 5.94. The molecule has 0 saturated carbocycles. The SMILES string of the molecule is CCOc1ccc(C(=O)NCc2cc(-c3ccc4c(c3)OCO4)on2)cc1. The Balaban J connectivity index is 1.38. The van der Waals surface area contributed by atoms with E-state index in [-0.39, 0.29) is 19.2 Å². The van der Waals surface area contributed by atoms with Crippen molar-refractivity contribution in [2.75, 3.05) is 13.4 Å². The third kappa shape index (κ3) is 3.72. The van der Waals surface area contributed by atoms with Gasteiger partial charge in [0.25, 0.3) is 5.91 Å². The zero-order valence-corrected chi connectivity index (χ0v) is 14.7. The Hall–Kier alpha value is -3.48. The van der Waals surface area contributed by atoms with E-state index < -0.39 is 0 Å². The standard InChI is InChI=1S/C20H18N2O5/c1-2-24-16-6-3-13(4-7-16)20(23)21-11-15-10-18(27-22-15)14-5-8-17-19(9-14)26-12-25-17/h3-10H,2,11-12H2,1H3,(H,21,23). The van der Waals surface area contributed by atoms with Gasteiger partial charge in [-0.2, -0.15) is 0 Å². The molecule has 1 amide bonds. The van der Waals surface area contributed by atoms with E-state index in [9.17, 15) is 4.79 Å². The summed E-state index contributed by atoms with van der Waals surface area (Å²) in [6.45, 7) is 2.98. The average Bonchev–Trinajstić information content (AvgIpc) is 3.35. The summed E-state index contributed by atoms with van der Waals surface area (Å²) in [5, 5.41) is 6.83. The average molecular weight is 366 g/mol. The number of nitrogens with zero attached hydrogens (tertiary/aromatic N) is 1. The molecule has 2 aromatic carbocycles. The summed E-state index contributed by atoms with van der Waals surface area (Å²) < 4.78 is 21.4. The second-order valence-electron chi connectivity index (χ2n) is 5.89. The number of amides is 1. The number of aromatic nitrogens is 1. The lowest BCUT2D eigenvalue weighted by atomic mass is 10.1. The highest BCUT2D eigenvalue weighted by Gasteiger charge is 2.16. The Bertz CT molecular complexity index is 949. The first-order chi connectivity index (χ1) is 13.2. The van der Waals surface area contributed by atoms with Crippen LogP contribution in [0.15, 0.2) is 53.1 Å². The van der Waals surface area contributed by atoms with Gasteiger partial charge in [0.05, 0.1) is 13.2 Å². The van der Waals surface area contributed by atoms with Crippen LogP contribution >= 0.6 is 0 Å². The summed E-state index contributed by atoms with van der Waals surface area (Å²) in [6.07, 6.45) is 0. The lowest BCUT2D eigenvalue weighted by molar-refractivity contribution is 0.0950. The van der Waals surface area contributed by atoms with Crippen LogP contribution in [0.1, 0.15) is 23.0 Å². The highest BCUT2D eigenvalue weighted by Crippen LogP contribution is 2.36. The smallest absolute Gasteiger partial charge is 0.251 e. The first kappa shape index (κ1) is 17.0. The van der Waals surface area contributed by atoms with Gasteiger partial charge in [-0.1, -0.05) is 5.16 Å².